The van der Waals surface area contributed by atoms with Gasteiger partial charge in [0.05, 0.1) is 0 Å². The van der Waals surface area contributed by atoms with Gasteiger partial charge in [-0.2, -0.15) is 0 Å². The van der Waals surface area contributed by atoms with Crippen molar-refractivity contribution < 1.29 is 28.6 Å². The van der Waals surface area contributed by atoms with Gasteiger partial charge in [-0.25, -0.2) is 0 Å². The molecule has 0 amide bonds. The van der Waals surface area contributed by atoms with Gasteiger partial charge in [0.25, 0.3) is 0 Å². The molecule has 0 fully saturated rings. The Hall–Kier alpha value is -5.23. The van der Waals surface area contributed by atoms with Crippen LogP contribution in [0.25, 0.3) is 0 Å². The molecule has 1 unspecified atom stereocenters. The summed E-state index contributed by atoms with van der Waals surface area (Å²) in [6, 6.07) is 0. The minimum atomic E-state index is -0.814. The summed E-state index contributed by atoms with van der Waals surface area (Å²) in [7, 11) is 0. The zero-order valence-corrected chi connectivity index (χ0v) is 51.3. The van der Waals surface area contributed by atoms with Gasteiger partial charge < -0.3 is 14.2 Å². The molecule has 0 aliphatic rings. The van der Waals surface area contributed by atoms with E-state index in [1.54, 1.807) is 0 Å². The van der Waals surface area contributed by atoms with Crippen molar-refractivity contribution in [2.45, 2.75) is 264 Å². The van der Waals surface area contributed by atoms with Gasteiger partial charge >= 0.3 is 17.9 Å². The van der Waals surface area contributed by atoms with E-state index in [4.69, 9.17) is 14.2 Å². The zero-order valence-electron chi connectivity index (χ0n) is 51.3. The third-order valence-corrected chi connectivity index (χ3v) is 12.9. The van der Waals surface area contributed by atoms with Crippen molar-refractivity contribution in [1.82, 2.24) is 0 Å². The van der Waals surface area contributed by atoms with E-state index < -0.39 is 6.10 Å². The molecule has 0 radical (unpaired) electrons. The topological polar surface area (TPSA) is 78.9 Å². The zero-order chi connectivity index (χ0) is 57.8. The smallest absolute Gasteiger partial charge is 0.306 e. The quantitative estimate of drug-likeness (QED) is 0.0261. The van der Waals surface area contributed by atoms with E-state index in [-0.39, 0.29) is 31.1 Å². The number of hydrogen-bond acceptors (Lipinski definition) is 6. The van der Waals surface area contributed by atoms with Crippen LogP contribution in [0.15, 0.2) is 170 Å². The van der Waals surface area contributed by atoms with E-state index in [0.717, 1.165) is 161 Å². The maximum atomic E-state index is 12.9. The fourth-order valence-corrected chi connectivity index (χ4v) is 8.18. The average Bonchev–Trinajstić information content (AvgIpc) is 3.46. The predicted molar refractivity (Wildman–Crippen MR) is 348 cm³/mol. The van der Waals surface area contributed by atoms with Gasteiger partial charge in [-0.05, 0) is 154 Å². The lowest BCUT2D eigenvalue weighted by Crippen LogP contribution is -2.30. The van der Waals surface area contributed by atoms with Gasteiger partial charge in [0.15, 0.2) is 6.10 Å². The molecule has 0 bridgehead atoms. The van der Waals surface area contributed by atoms with Crippen LogP contribution in [0.4, 0.5) is 0 Å². The molecule has 0 rings (SSSR count). The molecule has 1 atom stereocenters. The van der Waals surface area contributed by atoms with Gasteiger partial charge in [-0.15, -0.1) is 0 Å². The highest BCUT2D eigenvalue weighted by atomic mass is 16.6. The summed E-state index contributed by atoms with van der Waals surface area (Å²) in [5.41, 5.74) is 0. The molecule has 448 valence electrons. The van der Waals surface area contributed by atoms with Gasteiger partial charge in [0.2, 0.25) is 0 Å². The Morgan fingerprint density at radius 2 is 0.487 bits per heavy atom. The normalized spacial score (nSPS) is 13.3. The molecule has 0 aromatic heterocycles. The Balaban J connectivity index is 4.40. The molecule has 6 heteroatoms. The van der Waals surface area contributed by atoms with E-state index in [1.807, 2.05) is 0 Å². The molecule has 0 aromatic carbocycles. The summed E-state index contributed by atoms with van der Waals surface area (Å²) in [4.78, 5) is 38.2. The van der Waals surface area contributed by atoms with Crippen LogP contribution in [0.2, 0.25) is 0 Å². The molecule has 0 aliphatic heterocycles. The van der Waals surface area contributed by atoms with Crippen molar-refractivity contribution in [2.75, 3.05) is 13.2 Å². The molecule has 0 N–H and O–H groups in total. The van der Waals surface area contributed by atoms with Gasteiger partial charge in [-0.1, -0.05) is 255 Å². The minimum Gasteiger partial charge on any atom is -0.462 e. The van der Waals surface area contributed by atoms with Crippen LogP contribution in [-0.2, 0) is 28.6 Å². The summed E-state index contributed by atoms with van der Waals surface area (Å²) in [5, 5.41) is 0. The molecule has 0 heterocycles. The molecule has 80 heavy (non-hydrogen) atoms. The fourth-order valence-electron chi connectivity index (χ4n) is 8.18. The highest BCUT2D eigenvalue weighted by Crippen LogP contribution is 2.14. The number of rotatable bonds is 56. The van der Waals surface area contributed by atoms with E-state index in [2.05, 4.69) is 191 Å². The summed E-state index contributed by atoms with van der Waals surface area (Å²) < 4.78 is 16.8. The van der Waals surface area contributed by atoms with Crippen LogP contribution in [0, 0.1) is 0 Å². The molecular formula is C74H116O6. The summed E-state index contributed by atoms with van der Waals surface area (Å²) in [6.45, 7) is 6.33. The highest BCUT2D eigenvalue weighted by Gasteiger charge is 2.19. The van der Waals surface area contributed by atoms with E-state index in [1.165, 1.54) is 51.4 Å². The van der Waals surface area contributed by atoms with Crippen LogP contribution in [0.5, 0.6) is 0 Å². The first-order chi connectivity index (χ1) is 39.5. The molecule has 0 saturated carbocycles. The lowest BCUT2D eigenvalue weighted by Gasteiger charge is -2.18. The van der Waals surface area contributed by atoms with Crippen molar-refractivity contribution in [3.63, 3.8) is 0 Å². The number of esters is 3. The van der Waals surface area contributed by atoms with Crippen LogP contribution >= 0.6 is 0 Å². The van der Waals surface area contributed by atoms with Crippen molar-refractivity contribution in [3.8, 4) is 0 Å². The standard InChI is InChI=1S/C74H116O6/c1-4-7-10-13-16-19-22-25-27-29-30-31-32-33-34-35-36-37-38-39-40-41-42-43-44-46-47-49-52-55-58-61-64-67-73(76)79-70-71(69-78-72(75)66-63-60-57-54-51-24-21-18-15-12-9-6-3)80-74(77)68-65-62-59-56-53-50-48-45-28-26-23-20-17-14-11-8-5-2/h7-8,10-11,16-21,25-28,30-31,33-34,36-37,39-40,42-43,46-47,52,55,71H,4-6,9,12-15,22-24,29,32,35,38,41,44-45,48-51,53-54,56-70H2,1-3H3/b10-7-,11-8-,19-16-,20-17-,21-18-,27-25-,28-26-,31-30-,34-33-,37-36-,40-39-,43-42-,47-46-,55-52-. The molecule has 0 aliphatic carbocycles. The molecule has 0 saturated heterocycles. The fraction of sp³-hybridized carbons (Fsp3) is 0.581. The van der Waals surface area contributed by atoms with Gasteiger partial charge in [0, 0.05) is 19.3 Å². The van der Waals surface area contributed by atoms with Crippen molar-refractivity contribution in [3.05, 3.63) is 170 Å². The highest BCUT2D eigenvalue weighted by molar-refractivity contribution is 5.71. The van der Waals surface area contributed by atoms with Crippen molar-refractivity contribution >= 4 is 17.9 Å². The second kappa shape index (κ2) is 66.3. The minimum absolute atomic E-state index is 0.107. The first kappa shape index (κ1) is 74.8. The first-order valence-corrected chi connectivity index (χ1v) is 32.1. The molecule has 6 nitrogen and oxygen atoms in total. The Morgan fingerprint density at radius 3 is 0.800 bits per heavy atom. The Bertz CT molecular complexity index is 1840. The summed E-state index contributed by atoms with van der Waals surface area (Å²) >= 11 is 0. The third-order valence-electron chi connectivity index (χ3n) is 12.9. The van der Waals surface area contributed by atoms with E-state index in [0.29, 0.717) is 25.7 Å². The van der Waals surface area contributed by atoms with Gasteiger partial charge in [-0.3, -0.25) is 14.4 Å². The third kappa shape index (κ3) is 63.6. The number of carbonyl (C=O) groups excluding carboxylic acids is 3. The number of unbranched alkanes of at least 4 members (excludes halogenated alkanes) is 17. The van der Waals surface area contributed by atoms with Gasteiger partial charge in [0.1, 0.15) is 13.2 Å². The van der Waals surface area contributed by atoms with Crippen LogP contribution < -0.4 is 0 Å². The molecular weight excluding hydrogens is 985 g/mol. The first-order valence-electron chi connectivity index (χ1n) is 32.1. The maximum Gasteiger partial charge on any atom is 0.306 e. The predicted octanol–water partition coefficient (Wildman–Crippen LogP) is 22.3. The Labute approximate surface area is 492 Å². The van der Waals surface area contributed by atoms with Crippen LogP contribution in [0.1, 0.15) is 258 Å². The lowest BCUT2D eigenvalue weighted by atomic mass is 10.1. The Kier molecular flexibility index (Phi) is 61.9. The van der Waals surface area contributed by atoms with E-state index >= 15 is 0 Å². The lowest BCUT2D eigenvalue weighted by molar-refractivity contribution is -0.167. The van der Waals surface area contributed by atoms with Crippen LogP contribution in [-0.4, -0.2) is 37.2 Å². The van der Waals surface area contributed by atoms with Crippen molar-refractivity contribution in [1.29, 1.82) is 0 Å². The number of carbonyl (C=O) groups is 3. The molecule has 0 aromatic rings. The maximum absolute atomic E-state index is 12.9. The number of allylic oxidation sites excluding steroid dienone is 28. The second-order valence-electron chi connectivity index (χ2n) is 20.5. The van der Waals surface area contributed by atoms with E-state index in [9.17, 15) is 14.4 Å². The van der Waals surface area contributed by atoms with Crippen LogP contribution in [0.3, 0.4) is 0 Å². The largest absolute Gasteiger partial charge is 0.462 e. The molecule has 0 spiro atoms. The second-order valence-corrected chi connectivity index (χ2v) is 20.5. The number of hydrogen-bond donors (Lipinski definition) is 0. The monoisotopic (exact) mass is 1100 g/mol. The van der Waals surface area contributed by atoms with Crippen molar-refractivity contribution in [2.24, 2.45) is 0 Å². The summed E-state index contributed by atoms with van der Waals surface area (Å²) in [5.74, 6) is -0.977. The Morgan fingerprint density at radius 1 is 0.263 bits per heavy atom. The average molecular weight is 1100 g/mol. The summed E-state index contributed by atoms with van der Waals surface area (Å²) in [6.07, 6.45) is 97.9. The number of ether oxygens (including phenoxy) is 3. The SMILES string of the molecule is CC/C=C\C/C=C\C/C=C\C/C=C\C/C=C\C/C=C\C/C=C\C/C=C\C/C=C\C/C=C\CCCCC(=O)OCC(COC(=O)CCCCCCC/C=C\CCCCC)OC(=O)CCCCCCCCC/C=C\C/C=C\C/C=C\CC.